The standard InChI is InChI=1S/C12H12N6O2/c1-3-20-12(19)11(16-18-14)7-9-6-10(15-17-13)5-4-8(9)2/h4-7H,3H2,1-2H3/b11-7-. The Kier molecular flexibility index (Phi) is 5.65. The Morgan fingerprint density at radius 3 is 2.75 bits per heavy atom. The summed E-state index contributed by atoms with van der Waals surface area (Å²) in [5, 5.41) is 6.79. The summed E-state index contributed by atoms with van der Waals surface area (Å²) in [6, 6.07) is 4.96. The molecule has 0 spiro atoms. The third-order valence-electron chi connectivity index (χ3n) is 2.35. The number of nitrogens with zero attached hydrogens (tertiary/aromatic N) is 6. The molecule has 102 valence electrons. The van der Waals surface area contributed by atoms with E-state index in [1.807, 2.05) is 6.92 Å². The van der Waals surface area contributed by atoms with Crippen LogP contribution >= 0.6 is 0 Å². The molecular weight excluding hydrogens is 260 g/mol. The Morgan fingerprint density at radius 2 is 2.15 bits per heavy atom. The number of rotatable bonds is 5. The first-order chi connectivity index (χ1) is 9.62. The first-order valence-corrected chi connectivity index (χ1v) is 5.72. The van der Waals surface area contributed by atoms with Crippen LogP contribution in [0.25, 0.3) is 27.0 Å². The van der Waals surface area contributed by atoms with Gasteiger partial charge in [0, 0.05) is 15.5 Å². The van der Waals surface area contributed by atoms with Crippen LogP contribution in [0.2, 0.25) is 0 Å². The summed E-state index contributed by atoms with van der Waals surface area (Å²) in [6.07, 6.45) is 1.39. The molecule has 0 saturated heterocycles. The molecule has 0 atom stereocenters. The SMILES string of the molecule is CCOC(=O)/C(=C/c1cc(N=[N+]=[N-])ccc1C)N=[N+]=[N-]. The second-order valence-electron chi connectivity index (χ2n) is 3.67. The molecule has 1 aromatic rings. The molecule has 0 radical (unpaired) electrons. The van der Waals surface area contributed by atoms with E-state index in [0.717, 1.165) is 5.56 Å². The van der Waals surface area contributed by atoms with Gasteiger partial charge in [0.05, 0.1) is 6.61 Å². The lowest BCUT2D eigenvalue weighted by Gasteiger charge is -2.04. The molecule has 0 heterocycles. The van der Waals surface area contributed by atoms with Crippen molar-refractivity contribution in [2.75, 3.05) is 6.61 Å². The average molecular weight is 272 g/mol. The van der Waals surface area contributed by atoms with Gasteiger partial charge in [0.1, 0.15) is 5.70 Å². The summed E-state index contributed by atoms with van der Waals surface area (Å²) in [4.78, 5) is 16.9. The lowest BCUT2D eigenvalue weighted by molar-refractivity contribution is -0.138. The summed E-state index contributed by atoms with van der Waals surface area (Å²) >= 11 is 0. The maximum Gasteiger partial charge on any atom is 0.340 e. The van der Waals surface area contributed by atoms with Gasteiger partial charge in [-0.1, -0.05) is 22.4 Å². The topological polar surface area (TPSA) is 124 Å². The van der Waals surface area contributed by atoms with E-state index < -0.39 is 5.97 Å². The van der Waals surface area contributed by atoms with Gasteiger partial charge in [0.25, 0.3) is 0 Å². The van der Waals surface area contributed by atoms with Crippen LogP contribution in [0.3, 0.4) is 0 Å². The van der Waals surface area contributed by atoms with Crippen LogP contribution in [0.1, 0.15) is 18.1 Å². The maximum atomic E-state index is 11.6. The van der Waals surface area contributed by atoms with E-state index in [1.54, 1.807) is 25.1 Å². The third-order valence-corrected chi connectivity index (χ3v) is 2.35. The Labute approximate surface area is 114 Å². The van der Waals surface area contributed by atoms with E-state index in [2.05, 4.69) is 20.1 Å². The van der Waals surface area contributed by atoms with E-state index in [-0.39, 0.29) is 12.3 Å². The Hall–Kier alpha value is -2.95. The van der Waals surface area contributed by atoms with Crippen LogP contribution < -0.4 is 0 Å². The van der Waals surface area contributed by atoms with Gasteiger partial charge in [-0.3, -0.25) is 0 Å². The Morgan fingerprint density at radius 1 is 1.40 bits per heavy atom. The monoisotopic (exact) mass is 272 g/mol. The largest absolute Gasteiger partial charge is 0.462 e. The van der Waals surface area contributed by atoms with Gasteiger partial charge in [0.2, 0.25) is 0 Å². The minimum atomic E-state index is -0.709. The van der Waals surface area contributed by atoms with Crippen molar-refractivity contribution in [3.05, 3.63) is 55.9 Å². The van der Waals surface area contributed by atoms with Crippen LogP contribution in [-0.4, -0.2) is 12.6 Å². The first kappa shape index (κ1) is 15.1. The van der Waals surface area contributed by atoms with Crippen molar-refractivity contribution in [3.63, 3.8) is 0 Å². The fourth-order valence-corrected chi connectivity index (χ4v) is 1.43. The molecule has 0 aliphatic heterocycles. The molecule has 0 aliphatic carbocycles. The first-order valence-electron chi connectivity index (χ1n) is 5.72. The fraction of sp³-hybridized carbons (Fsp3) is 0.250. The van der Waals surface area contributed by atoms with Crippen molar-refractivity contribution in [2.45, 2.75) is 13.8 Å². The maximum absolute atomic E-state index is 11.6. The van der Waals surface area contributed by atoms with Crippen LogP contribution in [0.5, 0.6) is 0 Å². The highest BCUT2D eigenvalue weighted by Crippen LogP contribution is 2.21. The number of carbonyl (C=O) groups is 1. The van der Waals surface area contributed by atoms with Gasteiger partial charge in [-0.05, 0) is 48.2 Å². The molecule has 0 aliphatic rings. The van der Waals surface area contributed by atoms with Crippen molar-refractivity contribution in [1.82, 2.24) is 0 Å². The molecule has 20 heavy (non-hydrogen) atoms. The second kappa shape index (κ2) is 7.48. The zero-order chi connectivity index (χ0) is 15.0. The summed E-state index contributed by atoms with van der Waals surface area (Å²) in [5.74, 6) is -0.709. The predicted molar refractivity (Wildman–Crippen MR) is 73.7 cm³/mol. The molecule has 0 fully saturated rings. The minimum absolute atomic E-state index is 0.157. The summed E-state index contributed by atoms with van der Waals surface area (Å²) in [7, 11) is 0. The Bertz CT molecular complexity index is 639. The summed E-state index contributed by atoms with van der Waals surface area (Å²) in [5.41, 5.74) is 18.6. The van der Waals surface area contributed by atoms with Gasteiger partial charge >= 0.3 is 5.97 Å². The van der Waals surface area contributed by atoms with Crippen molar-refractivity contribution in [3.8, 4) is 0 Å². The number of benzene rings is 1. The summed E-state index contributed by atoms with van der Waals surface area (Å²) in [6.45, 7) is 3.64. The molecule has 1 rings (SSSR count). The van der Waals surface area contributed by atoms with Crippen molar-refractivity contribution in [2.24, 2.45) is 10.2 Å². The van der Waals surface area contributed by atoms with Crippen molar-refractivity contribution < 1.29 is 9.53 Å². The number of ether oxygens (including phenoxy) is 1. The van der Waals surface area contributed by atoms with E-state index in [1.165, 1.54) is 6.08 Å². The average Bonchev–Trinajstić information content (AvgIpc) is 2.42. The highest BCUT2D eigenvalue weighted by Gasteiger charge is 2.09. The molecule has 8 heteroatoms. The lowest BCUT2D eigenvalue weighted by Crippen LogP contribution is -2.05. The molecule has 0 unspecified atom stereocenters. The number of azide groups is 2. The number of aryl methyl sites for hydroxylation is 1. The van der Waals surface area contributed by atoms with Crippen molar-refractivity contribution >= 4 is 17.7 Å². The van der Waals surface area contributed by atoms with Gasteiger partial charge in [-0.15, -0.1) is 0 Å². The zero-order valence-electron chi connectivity index (χ0n) is 11.0. The molecule has 0 aromatic heterocycles. The zero-order valence-corrected chi connectivity index (χ0v) is 11.0. The molecule has 0 bridgehead atoms. The van der Waals surface area contributed by atoms with Crippen LogP contribution in [0.15, 0.2) is 34.1 Å². The fourth-order valence-electron chi connectivity index (χ4n) is 1.43. The molecule has 8 nitrogen and oxygen atoms in total. The predicted octanol–water partition coefficient (Wildman–Crippen LogP) is 4.15. The van der Waals surface area contributed by atoms with Crippen molar-refractivity contribution in [1.29, 1.82) is 0 Å². The highest BCUT2D eigenvalue weighted by molar-refractivity contribution is 5.93. The van der Waals surface area contributed by atoms with Gasteiger partial charge in [-0.2, -0.15) is 0 Å². The van der Waals surface area contributed by atoms with E-state index in [9.17, 15) is 4.79 Å². The highest BCUT2D eigenvalue weighted by atomic mass is 16.5. The molecule has 0 saturated carbocycles. The van der Waals surface area contributed by atoms with Gasteiger partial charge < -0.3 is 4.74 Å². The van der Waals surface area contributed by atoms with E-state index in [0.29, 0.717) is 11.3 Å². The smallest absolute Gasteiger partial charge is 0.340 e. The number of hydrogen-bond donors (Lipinski definition) is 0. The second-order valence-corrected chi connectivity index (χ2v) is 3.67. The minimum Gasteiger partial charge on any atom is -0.462 e. The van der Waals surface area contributed by atoms with E-state index >= 15 is 0 Å². The molecule has 0 N–H and O–H groups in total. The summed E-state index contributed by atoms with van der Waals surface area (Å²) < 4.78 is 4.79. The number of esters is 1. The molecule has 0 amide bonds. The quantitative estimate of drug-likeness (QED) is 0.262. The molecule has 1 aromatic carbocycles. The number of hydrogen-bond acceptors (Lipinski definition) is 4. The third kappa shape index (κ3) is 4.06. The van der Waals surface area contributed by atoms with Gasteiger partial charge in [0.15, 0.2) is 0 Å². The number of carbonyl (C=O) groups excluding carboxylic acids is 1. The molecular formula is C12H12N6O2. The van der Waals surface area contributed by atoms with Crippen LogP contribution in [-0.2, 0) is 9.53 Å². The van der Waals surface area contributed by atoms with Gasteiger partial charge in [-0.25, -0.2) is 4.79 Å². The van der Waals surface area contributed by atoms with Crippen LogP contribution in [0.4, 0.5) is 5.69 Å². The van der Waals surface area contributed by atoms with E-state index in [4.69, 9.17) is 15.8 Å². The Balaban J connectivity index is 3.29. The normalized spacial score (nSPS) is 10.2. The lowest BCUT2D eigenvalue weighted by atomic mass is 10.1. The van der Waals surface area contributed by atoms with Crippen LogP contribution in [0, 0.1) is 6.92 Å².